The molecule has 2 aromatic rings. The Morgan fingerprint density at radius 1 is 1.33 bits per heavy atom. The number of carboxylic acid groups (broad SMARTS) is 1. The van der Waals surface area contributed by atoms with Gasteiger partial charge in [-0.2, -0.15) is 24.5 Å². The highest BCUT2D eigenvalue weighted by Gasteiger charge is 2.41. The minimum absolute atomic E-state index is 0.116. The highest BCUT2D eigenvalue weighted by atomic mass is 32.1. The third-order valence-corrected chi connectivity index (χ3v) is 5.61. The number of thiophene rings is 1. The van der Waals surface area contributed by atoms with E-state index in [9.17, 15) is 13.2 Å². The van der Waals surface area contributed by atoms with Crippen LogP contribution < -0.4 is 4.90 Å². The number of carboxylic acids is 1. The fraction of sp³-hybridized carbons (Fsp3) is 0.611. The maximum atomic E-state index is 10.6. The first-order valence-corrected chi connectivity index (χ1v) is 10.3. The summed E-state index contributed by atoms with van der Waals surface area (Å²) in [5, 5.41) is 19.6. The van der Waals surface area contributed by atoms with Gasteiger partial charge in [0, 0.05) is 33.1 Å². The van der Waals surface area contributed by atoms with Crippen molar-refractivity contribution in [3.63, 3.8) is 0 Å². The molecular weight excluding hydrogens is 425 g/mol. The second kappa shape index (κ2) is 9.31. The van der Waals surface area contributed by atoms with Gasteiger partial charge in [0.2, 0.25) is 5.89 Å². The minimum Gasteiger partial charge on any atom is -0.475 e. The molecule has 166 valence electrons. The van der Waals surface area contributed by atoms with Crippen molar-refractivity contribution in [2.75, 3.05) is 37.7 Å². The van der Waals surface area contributed by atoms with Crippen molar-refractivity contribution >= 4 is 23.3 Å². The number of carbonyl (C=O) groups is 1. The molecule has 0 saturated carbocycles. The number of alkyl halides is 3. The molecule has 0 radical (unpaired) electrons. The summed E-state index contributed by atoms with van der Waals surface area (Å²) in [7, 11) is 0. The zero-order chi connectivity index (χ0) is 21.8. The standard InChI is InChI=1S/C16H22N4O2S.C2HF3O2/c1-13-17-18-15(22-13)20-5-2-4-16(12-20)11-19(6-7-21-16)9-14-3-8-23-10-14;3-2(4,5)1(6)7/h3,8,10H,2,4-7,9,11-12H2,1H3;(H,6,7). The number of aliphatic carboxylic acids is 1. The van der Waals surface area contributed by atoms with Crippen LogP contribution in [0.15, 0.2) is 21.2 Å². The molecule has 1 N–H and O–H groups in total. The summed E-state index contributed by atoms with van der Waals surface area (Å²) in [5.74, 6) is -2.14. The van der Waals surface area contributed by atoms with Crippen molar-refractivity contribution < 1.29 is 32.2 Å². The van der Waals surface area contributed by atoms with Crippen LogP contribution in [-0.2, 0) is 16.1 Å². The van der Waals surface area contributed by atoms with E-state index in [1.54, 1.807) is 11.3 Å². The quantitative estimate of drug-likeness (QED) is 0.767. The molecule has 30 heavy (non-hydrogen) atoms. The maximum absolute atomic E-state index is 10.6. The number of rotatable bonds is 3. The molecule has 1 unspecified atom stereocenters. The van der Waals surface area contributed by atoms with E-state index < -0.39 is 12.1 Å². The lowest BCUT2D eigenvalue weighted by Crippen LogP contribution is -2.59. The Morgan fingerprint density at radius 3 is 2.70 bits per heavy atom. The van der Waals surface area contributed by atoms with Crippen molar-refractivity contribution in [2.45, 2.75) is 38.1 Å². The predicted molar refractivity (Wildman–Crippen MR) is 102 cm³/mol. The smallest absolute Gasteiger partial charge is 0.475 e. The number of ether oxygens (including phenoxy) is 1. The lowest BCUT2D eigenvalue weighted by Gasteiger charge is -2.47. The Hall–Kier alpha value is -2.18. The summed E-state index contributed by atoms with van der Waals surface area (Å²) in [5.41, 5.74) is 1.28. The maximum Gasteiger partial charge on any atom is 0.490 e. The molecule has 4 rings (SSSR count). The number of halogens is 3. The Bertz CT molecular complexity index is 826. The van der Waals surface area contributed by atoms with Gasteiger partial charge in [-0.1, -0.05) is 5.10 Å². The third kappa shape index (κ3) is 5.92. The number of aromatic nitrogens is 2. The number of aryl methyl sites for hydroxylation is 1. The number of hydrogen-bond acceptors (Lipinski definition) is 8. The van der Waals surface area contributed by atoms with E-state index in [1.165, 1.54) is 5.56 Å². The molecule has 12 heteroatoms. The number of hydrogen-bond donors (Lipinski definition) is 1. The first-order chi connectivity index (χ1) is 14.2. The molecular formula is C18H23F3N4O4S. The van der Waals surface area contributed by atoms with Crippen molar-refractivity contribution in [3.05, 3.63) is 28.3 Å². The monoisotopic (exact) mass is 448 g/mol. The first kappa shape index (κ1) is 22.5. The SMILES string of the molecule is Cc1nnc(N2CCCC3(CN(Cc4ccsc4)CCO3)C2)o1.O=C(O)C(F)(F)F. The highest BCUT2D eigenvalue weighted by molar-refractivity contribution is 7.07. The molecule has 0 aliphatic carbocycles. The summed E-state index contributed by atoms with van der Waals surface area (Å²) in [6.07, 6.45) is -2.90. The molecule has 0 amide bonds. The predicted octanol–water partition coefficient (Wildman–Crippen LogP) is 2.94. The zero-order valence-electron chi connectivity index (χ0n) is 16.4. The Labute approximate surface area is 175 Å². The Kier molecular flexibility index (Phi) is 6.98. The summed E-state index contributed by atoms with van der Waals surface area (Å²) < 4.78 is 43.6. The van der Waals surface area contributed by atoms with Crippen LogP contribution in [0.1, 0.15) is 24.3 Å². The number of anilines is 1. The third-order valence-electron chi connectivity index (χ3n) is 4.88. The fourth-order valence-corrected chi connectivity index (χ4v) is 4.28. The van der Waals surface area contributed by atoms with Crippen LogP contribution in [0.3, 0.4) is 0 Å². The topological polar surface area (TPSA) is 91.9 Å². The average Bonchev–Trinajstić information content (AvgIpc) is 3.33. The molecule has 2 aliphatic rings. The molecule has 2 saturated heterocycles. The number of morpholine rings is 1. The highest BCUT2D eigenvalue weighted by Crippen LogP contribution is 2.31. The van der Waals surface area contributed by atoms with Gasteiger partial charge >= 0.3 is 18.2 Å². The van der Waals surface area contributed by atoms with E-state index >= 15 is 0 Å². The van der Waals surface area contributed by atoms with E-state index in [0.29, 0.717) is 11.9 Å². The van der Waals surface area contributed by atoms with Crippen molar-refractivity contribution in [2.24, 2.45) is 0 Å². The Morgan fingerprint density at radius 2 is 2.10 bits per heavy atom. The van der Waals surface area contributed by atoms with Crippen LogP contribution in [0.2, 0.25) is 0 Å². The van der Waals surface area contributed by atoms with Gasteiger partial charge in [-0.05, 0) is 35.2 Å². The van der Waals surface area contributed by atoms with Gasteiger partial charge in [0.15, 0.2) is 0 Å². The summed E-state index contributed by atoms with van der Waals surface area (Å²) >= 11 is 1.76. The van der Waals surface area contributed by atoms with E-state index in [2.05, 4.69) is 36.8 Å². The van der Waals surface area contributed by atoms with Crippen LogP contribution in [0.25, 0.3) is 0 Å². The second-order valence-electron chi connectivity index (χ2n) is 7.31. The van der Waals surface area contributed by atoms with Gasteiger partial charge in [0.05, 0.1) is 18.8 Å². The number of nitrogens with zero attached hydrogens (tertiary/aromatic N) is 4. The number of piperidine rings is 1. The van der Waals surface area contributed by atoms with E-state index in [4.69, 9.17) is 19.1 Å². The summed E-state index contributed by atoms with van der Waals surface area (Å²) in [6.45, 7) is 7.38. The normalized spacial score (nSPS) is 22.6. The molecule has 2 fully saturated rings. The summed E-state index contributed by atoms with van der Waals surface area (Å²) in [6, 6.07) is 2.83. The van der Waals surface area contributed by atoms with Gasteiger partial charge in [-0.15, -0.1) is 5.10 Å². The van der Waals surface area contributed by atoms with Gasteiger partial charge in [-0.3, -0.25) is 4.90 Å². The van der Waals surface area contributed by atoms with Crippen LogP contribution >= 0.6 is 11.3 Å². The molecule has 1 spiro atoms. The molecule has 0 aromatic carbocycles. The van der Waals surface area contributed by atoms with Gasteiger partial charge in [0.1, 0.15) is 0 Å². The minimum atomic E-state index is -5.08. The van der Waals surface area contributed by atoms with E-state index in [0.717, 1.165) is 52.2 Å². The second-order valence-corrected chi connectivity index (χ2v) is 8.09. The van der Waals surface area contributed by atoms with Crippen molar-refractivity contribution in [3.8, 4) is 0 Å². The molecule has 8 nitrogen and oxygen atoms in total. The molecule has 2 aromatic heterocycles. The van der Waals surface area contributed by atoms with Crippen LogP contribution in [0, 0.1) is 6.92 Å². The largest absolute Gasteiger partial charge is 0.490 e. The zero-order valence-corrected chi connectivity index (χ0v) is 17.2. The molecule has 2 aliphatic heterocycles. The first-order valence-electron chi connectivity index (χ1n) is 9.39. The van der Waals surface area contributed by atoms with Crippen molar-refractivity contribution in [1.29, 1.82) is 0 Å². The van der Waals surface area contributed by atoms with Gasteiger partial charge < -0.3 is 19.2 Å². The lowest BCUT2D eigenvalue weighted by molar-refractivity contribution is -0.192. The van der Waals surface area contributed by atoms with Crippen LogP contribution in [0.5, 0.6) is 0 Å². The Balaban J connectivity index is 0.000000318. The van der Waals surface area contributed by atoms with Crippen LogP contribution in [0.4, 0.5) is 19.2 Å². The van der Waals surface area contributed by atoms with Crippen molar-refractivity contribution in [1.82, 2.24) is 15.1 Å². The average molecular weight is 448 g/mol. The molecule has 1 atom stereocenters. The lowest BCUT2D eigenvalue weighted by atomic mass is 9.90. The fourth-order valence-electron chi connectivity index (χ4n) is 3.62. The molecule has 4 heterocycles. The summed E-state index contributed by atoms with van der Waals surface area (Å²) in [4.78, 5) is 13.6. The van der Waals surface area contributed by atoms with Gasteiger partial charge in [-0.25, -0.2) is 4.79 Å². The van der Waals surface area contributed by atoms with E-state index in [-0.39, 0.29) is 5.60 Å². The van der Waals surface area contributed by atoms with Gasteiger partial charge in [0.25, 0.3) is 0 Å². The van der Waals surface area contributed by atoms with Crippen LogP contribution in [-0.4, -0.2) is 70.7 Å². The molecule has 0 bridgehead atoms. The van der Waals surface area contributed by atoms with E-state index in [1.807, 2.05) is 6.92 Å².